The van der Waals surface area contributed by atoms with Gasteiger partial charge in [0.2, 0.25) is 5.76 Å². The van der Waals surface area contributed by atoms with Gasteiger partial charge in [-0.2, -0.15) is 0 Å². The molecule has 0 fully saturated rings. The van der Waals surface area contributed by atoms with Gasteiger partial charge in [0.25, 0.3) is 0 Å². The third-order valence-electron chi connectivity index (χ3n) is 3.50. The highest BCUT2D eigenvalue weighted by Crippen LogP contribution is 2.28. The maximum Gasteiger partial charge on any atom is 0.377 e. The Balaban J connectivity index is 1.91. The number of esters is 2. The summed E-state index contributed by atoms with van der Waals surface area (Å²) < 4.78 is 19.6. The highest BCUT2D eigenvalue weighted by molar-refractivity contribution is 5.89. The molecular weight excluding hydrogens is 348 g/mol. The molecule has 1 aromatic carbocycles. The van der Waals surface area contributed by atoms with Crippen LogP contribution in [0.25, 0.3) is 6.08 Å². The van der Waals surface area contributed by atoms with E-state index in [9.17, 15) is 19.8 Å². The van der Waals surface area contributed by atoms with Gasteiger partial charge in [0, 0.05) is 6.08 Å². The number of hydrogen-bond acceptors (Lipinski definition) is 9. The van der Waals surface area contributed by atoms with Crippen LogP contribution in [0.2, 0.25) is 0 Å². The van der Waals surface area contributed by atoms with Crippen molar-refractivity contribution >= 4 is 18.0 Å². The van der Waals surface area contributed by atoms with Crippen LogP contribution in [0.1, 0.15) is 5.56 Å². The number of aliphatic hydroxyl groups excluding tert-OH is 3. The Kier molecular flexibility index (Phi) is 6.07. The molecule has 9 heteroatoms. The summed E-state index contributed by atoms with van der Waals surface area (Å²) in [5.74, 6) is -2.68. The van der Waals surface area contributed by atoms with E-state index in [1.54, 1.807) is 18.2 Å². The molecule has 2 atom stereocenters. The van der Waals surface area contributed by atoms with Crippen LogP contribution >= 0.6 is 0 Å². The Labute approximate surface area is 148 Å². The topological polar surface area (TPSA) is 132 Å². The fraction of sp³-hybridized carbons (Fsp3) is 0.294. The number of hydrogen-bond donors (Lipinski definition) is 3. The first-order valence-corrected chi connectivity index (χ1v) is 7.45. The minimum absolute atomic E-state index is 0.489. The van der Waals surface area contributed by atoms with Crippen LogP contribution < -0.4 is 9.47 Å². The lowest BCUT2D eigenvalue weighted by Gasteiger charge is -2.16. The maximum atomic E-state index is 11.7. The Morgan fingerprint density at radius 3 is 2.54 bits per heavy atom. The second-order valence-electron chi connectivity index (χ2n) is 5.20. The Morgan fingerprint density at radius 2 is 1.96 bits per heavy atom. The number of carbonyl (C=O) groups is 2. The Hall–Kier alpha value is -3.20. The summed E-state index contributed by atoms with van der Waals surface area (Å²) in [6.45, 7) is -0.551. The average molecular weight is 366 g/mol. The molecule has 0 unspecified atom stereocenters. The van der Waals surface area contributed by atoms with E-state index in [1.807, 2.05) is 0 Å². The van der Waals surface area contributed by atoms with Crippen molar-refractivity contribution in [2.24, 2.45) is 0 Å². The molecule has 0 aliphatic carbocycles. The first-order chi connectivity index (χ1) is 12.4. The predicted octanol–water partition coefficient (Wildman–Crippen LogP) is 0.874. The molecule has 0 spiro atoms. The van der Waals surface area contributed by atoms with Gasteiger partial charge in [0.05, 0.1) is 14.2 Å². The minimum Gasteiger partial charge on any atom is -0.505 e. The molecule has 1 aromatic rings. The Bertz CT molecular complexity index is 751. The molecular formula is C17H18O9. The first-order valence-electron chi connectivity index (χ1n) is 7.45. The van der Waals surface area contributed by atoms with Crippen molar-refractivity contribution in [3.63, 3.8) is 0 Å². The zero-order valence-electron chi connectivity index (χ0n) is 14.0. The summed E-state index contributed by atoms with van der Waals surface area (Å²) in [5.41, 5.74) is 0.648. The summed E-state index contributed by atoms with van der Waals surface area (Å²) in [4.78, 5) is 22.8. The van der Waals surface area contributed by atoms with Crippen LogP contribution in [0.15, 0.2) is 35.8 Å². The van der Waals surface area contributed by atoms with E-state index < -0.39 is 42.3 Å². The normalized spacial score (nSPS) is 18.0. The molecule has 140 valence electrons. The fourth-order valence-corrected chi connectivity index (χ4v) is 2.15. The van der Waals surface area contributed by atoms with Gasteiger partial charge in [-0.15, -0.1) is 0 Å². The molecule has 3 N–H and O–H groups in total. The smallest absolute Gasteiger partial charge is 0.377 e. The van der Waals surface area contributed by atoms with Gasteiger partial charge in [0.15, 0.2) is 23.4 Å². The van der Waals surface area contributed by atoms with E-state index in [4.69, 9.17) is 19.3 Å². The van der Waals surface area contributed by atoms with Crippen LogP contribution in [0, 0.1) is 0 Å². The lowest BCUT2D eigenvalue weighted by atomic mass is 10.2. The minimum atomic E-state index is -1.53. The molecule has 1 heterocycles. The third-order valence-corrected chi connectivity index (χ3v) is 3.50. The molecule has 9 nitrogen and oxygen atoms in total. The third kappa shape index (κ3) is 4.25. The van der Waals surface area contributed by atoms with Crippen molar-refractivity contribution < 1.29 is 43.9 Å². The van der Waals surface area contributed by atoms with E-state index in [-0.39, 0.29) is 0 Å². The van der Waals surface area contributed by atoms with E-state index in [0.29, 0.717) is 17.1 Å². The van der Waals surface area contributed by atoms with Crippen molar-refractivity contribution in [1.29, 1.82) is 0 Å². The van der Waals surface area contributed by atoms with Gasteiger partial charge < -0.3 is 34.3 Å². The second kappa shape index (κ2) is 8.26. The van der Waals surface area contributed by atoms with E-state index in [2.05, 4.69) is 4.74 Å². The molecule has 2 rings (SSSR count). The van der Waals surface area contributed by atoms with Gasteiger partial charge in [0.1, 0.15) is 12.7 Å². The number of methoxy groups -OCH3 is 2. The monoisotopic (exact) mass is 366 g/mol. The molecule has 0 bridgehead atoms. The number of benzene rings is 1. The zero-order valence-corrected chi connectivity index (χ0v) is 14.0. The summed E-state index contributed by atoms with van der Waals surface area (Å²) in [7, 11) is 2.99. The van der Waals surface area contributed by atoms with Gasteiger partial charge in [-0.05, 0) is 23.8 Å². The number of ether oxygens (including phenoxy) is 4. The number of carbonyl (C=O) groups excluding carboxylic acids is 2. The zero-order chi connectivity index (χ0) is 19.3. The summed E-state index contributed by atoms with van der Waals surface area (Å²) in [5, 5.41) is 28.4. The van der Waals surface area contributed by atoms with Gasteiger partial charge in [-0.3, -0.25) is 0 Å². The van der Waals surface area contributed by atoms with Gasteiger partial charge >= 0.3 is 11.9 Å². The quantitative estimate of drug-likeness (QED) is 0.475. The average Bonchev–Trinajstić information content (AvgIpc) is 2.91. The molecule has 26 heavy (non-hydrogen) atoms. The first kappa shape index (κ1) is 19.1. The van der Waals surface area contributed by atoms with Crippen molar-refractivity contribution in [2.45, 2.75) is 12.2 Å². The van der Waals surface area contributed by atoms with Gasteiger partial charge in [-0.1, -0.05) is 6.07 Å². The molecule has 0 saturated carbocycles. The number of cyclic esters (lactones) is 1. The molecule has 0 aromatic heterocycles. The molecule has 0 saturated heterocycles. The molecule has 1 aliphatic rings. The standard InChI is InChI=1S/C17H18O9/c1-23-11-5-3-9(7-12(11)24-2)4-6-13(19)25-8-10(18)16-14(20)15(21)17(22)26-16/h3-7,10,16,18,20-21H,8H2,1-2H3/t10-,16+/m0/s1. The summed E-state index contributed by atoms with van der Waals surface area (Å²) >= 11 is 0. The predicted molar refractivity (Wildman–Crippen MR) is 87.7 cm³/mol. The number of rotatable bonds is 7. The fourth-order valence-electron chi connectivity index (χ4n) is 2.15. The van der Waals surface area contributed by atoms with Crippen LogP contribution in [-0.2, 0) is 19.1 Å². The van der Waals surface area contributed by atoms with Crippen molar-refractivity contribution in [3.8, 4) is 11.5 Å². The number of aliphatic hydroxyl groups is 3. The van der Waals surface area contributed by atoms with E-state index in [0.717, 1.165) is 6.08 Å². The highest BCUT2D eigenvalue weighted by Gasteiger charge is 2.39. The SMILES string of the molecule is COc1ccc(C=CC(=O)OC[C@H](O)[C@H]2OC(=O)C(O)=C2O)cc1OC. The second-order valence-corrected chi connectivity index (χ2v) is 5.20. The van der Waals surface area contributed by atoms with Crippen LogP contribution in [-0.4, -0.2) is 60.3 Å². The van der Waals surface area contributed by atoms with Crippen LogP contribution in [0.5, 0.6) is 11.5 Å². The molecule has 1 aliphatic heterocycles. The van der Waals surface area contributed by atoms with Gasteiger partial charge in [-0.25, -0.2) is 9.59 Å². The lowest BCUT2D eigenvalue weighted by Crippen LogP contribution is -2.33. The largest absolute Gasteiger partial charge is 0.505 e. The highest BCUT2D eigenvalue weighted by atomic mass is 16.6. The maximum absolute atomic E-state index is 11.7. The lowest BCUT2D eigenvalue weighted by molar-refractivity contribution is -0.151. The summed E-state index contributed by atoms with van der Waals surface area (Å²) in [6, 6.07) is 5.02. The summed E-state index contributed by atoms with van der Waals surface area (Å²) in [6.07, 6.45) is -0.413. The van der Waals surface area contributed by atoms with Crippen LogP contribution in [0.3, 0.4) is 0 Å². The molecule has 0 amide bonds. The van der Waals surface area contributed by atoms with Crippen molar-refractivity contribution in [3.05, 3.63) is 41.4 Å². The van der Waals surface area contributed by atoms with Crippen molar-refractivity contribution in [1.82, 2.24) is 0 Å². The van der Waals surface area contributed by atoms with Crippen LogP contribution in [0.4, 0.5) is 0 Å². The van der Waals surface area contributed by atoms with Crippen molar-refractivity contribution in [2.75, 3.05) is 20.8 Å². The van der Waals surface area contributed by atoms with E-state index in [1.165, 1.54) is 20.3 Å². The van der Waals surface area contributed by atoms with E-state index >= 15 is 0 Å². The Morgan fingerprint density at radius 1 is 1.27 bits per heavy atom. The molecule has 0 radical (unpaired) electrons.